The highest BCUT2D eigenvalue weighted by Crippen LogP contribution is 2.27. The predicted molar refractivity (Wildman–Crippen MR) is 79.5 cm³/mol. The molecule has 2 N–H and O–H groups in total. The zero-order chi connectivity index (χ0) is 13.2. The Labute approximate surface area is 118 Å². The highest BCUT2D eigenvalue weighted by Gasteiger charge is 2.17. The van der Waals surface area contributed by atoms with Crippen molar-refractivity contribution < 1.29 is 0 Å². The first-order valence-corrected chi connectivity index (χ1v) is 6.84. The zero-order valence-electron chi connectivity index (χ0n) is 10.6. The molecule has 0 radical (unpaired) electrons. The molecule has 0 saturated heterocycles. The average Bonchev–Trinajstić information content (AvgIpc) is 2.60. The molecule has 1 aliphatic heterocycles. The first kappa shape index (κ1) is 12.3. The van der Waals surface area contributed by atoms with Crippen molar-refractivity contribution in [3.05, 3.63) is 52.7 Å². The molecule has 0 bridgehead atoms. The van der Waals surface area contributed by atoms with Gasteiger partial charge in [-0.15, -0.1) is 0 Å². The van der Waals surface area contributed by atoms with E-state index in [1.165, 1.54) is 11.1 Å². The minimum atomic E-state index is 0.580. The standard InChI is InChI=1S/C15H16ClN3/c16-13-8-14(17)15(18-9-13)19-7-3-6-11-4-1-2-5-12(11)10-19/h1-2,4-5,8-9H,3,6-7,10,17H2. The Morgan fingerprint density at radius 1 is 1.21 bits per heavy atom. The van der Waals surface area contributed by atoms with E-state index in [0.717, 1.165) is 31.7 Å². The summed E-state index contributed by atoms with van der Waals surface area (Å²) in [7, 11) is 0. The number of rotatable bonds is 1. The Bertz CT molecular complexity index is 598. The summed E-state index contributed by atoms with van der Waals surface area (Å²) in [6.07, 6.45) is 3.88. The van der Waals surface area contributed by atoms with Gasteiger partial charge in [-0.05, 0) is 30.0 Å². The number of nitrogens with two attached hydrogens (primary N) is 1. The number of halogens is 1. The van der Waals surface area contributed by atoms with Crippen molar-refractivity contribution >= 4 is 23.1 Å². The van der Waals surface area contributed by atoms with E-state index in [1.54, 1.807) is 12.3 Å². The average molecular weight is 274 g/mol. The molecule has 3 rings (SSSR count). The number of benzene rings is 1. The van der Waals surface area contributed by atoms with Crippen molar-refractivity contribution in [2.45, 2.75) is 19.4 Å². The highest BCUT2D eigenvalue weighted by molar-refractivity contribution is 6.30. The number of anilines is 2. The Hall–Kier alpha value is -1.74. The van der Waals surface area contributed by atoms with Crippen molar-refractivity contribution in [2.24, 2.45) is 0 Å². The van der Waals surface area contributed by atoms with Crippen LogP contribution in [0.1, 0.15) is 17.5 Å². The second-order valence-corrected chi connectivity index (χ2v) is 5.30. The number of nitrogens with zero attached hydrogens (tertiary/aromatic N) is 2. The lowest BCUT2D eigenvalue weighted by Gasteiger charge is -2.23. The number of pyridine rings is 1. The summed E-state index contributed by atoms with van der Waals surface area (Å²) in [5.74, 6) is 0.834. The van der Waals surface area contributed by atoms with Crippen molar-refractivity contribution in [2.75, 3.05) is 17.2 Å². The van der Waals surface area contributed by atoms with E-state index >= 15 is 0 Å². The van der Waals surface area contributed by atoms with Crippen molar-refractivity contribution in [1.29, 1.82) is 0 Å². The minimum Gasteiger partial charge on any atom is -0.396 e. The molecule has 0 unspecified atom stereocenters. The van der Waals surface area contributed by atoms with Gasteiger partial charge in [-0.25, -0.2) is 4.98 Å². The second kappa shape index (κ2) is 5.10. The molecule has 0 atom stereocenters. The molecule has 2 heterocycles. The van der Waals surface area contributed by atoms with Crippen LogP contribution in [-0.2, 0) is 13.0 Å². The molecule has 0 fully saturated rings. The minimum absolute atomic E-state index is 0.580. The summed E-state index contributed by atoms with van der Waals surface area (Å²) < 4.78 is 0. The van der Waals surface area contributed by atoms with E-state index < -0.39 is 0 Å². The molecular formula is C15H16ClN3. The van der Waals surface area contributed by atoms with Gasteiger partial charge in [0.1, 0.15) is 0 Å². The lowest BCUT2D eigenvalue weighted by atomic mass is 10.0. The summed E-state index contributed by atoms with van der Waals surface area (Å²) in [4.78, 5) is 6.62. The van der Waals surface area contributed by atoms with Crippen LogP contribution in [0.3, 0.4) is 0 Å². The smallest absolute Gasteiger partial charge is 0.152 e. The molecule has 0 saturated carbocycles. The van der Waals surface area contributed by atoms with Gasteiger partial charge in [-0.1, -0.05) is 35.9 Å². The maximum absolute atomic E-state index is 6.03. The first-order chi connectivity index (χ1) is 9.24. The number of fused-ring (bicyclic) bond motifs is 1. The third kappa shape index (κ3) is 2.51. The van der Waals surface area contributed by atoms with Gasteiger partial charge in [0.15, 0.2) is 5.82 Å². The fraction of sp³-hybridized carbons (Fsp3) is 0.267. The number of nitrogen functional groups attached to an aromatic ring is 1. The third-order valence-corrected chi connectivity index (χ3v) is 3.72. The van der Waals surface area contributed by atoms with Crippen molar-refractivity contribution in [1.82, 2.24) is 4.98 Å². The summed E-state index contributed by atoms with van der Waals surface area (Å²) in [6.45, 7) is 1.82. The topological polar surface area (TPSA) is 42.1 Å². The fourth-order valence-electron chi connectivity index (χ4n) is 2.59. The fourth-order valence-corrected chi connectivity index (χ4v) is 2.76. The van der Waals surface area contributed by atoms with Crippen molar-refractivity contribution in [3.8, 4) is 0 Å². The van der Waals surface area contributed by atoms with Crippen LogP contribution in [0.4, 0.5) is 11.5 Å². The molecule has 4 heteroatoms. The van der Waals surface area contributed by atoms with Crippen molar-refractivity contribution in [3.63, 3.8) is 0 Å². The van der Waals surface area contributed by atoms with Crippen LogP contribution >= 0.6 is 11.6 Å². The second-order valence-electron chi connectivity index (χ2n) is 4.86. The van der Waals surface area contributed by atoms with Crippen LogP contribution in [0.15, 0.2) is 36.5 Å². The lowest BCUT2D eigenvalue weighted by Crippen LogP contribution is -2.24. The Morgan fingerprint density at radius 3 is 2.79 bits per heavy atom. The Morgan fingerprint density at radius 2 is 2.00 bits per heavy atom. The van der Waals surface area contributed by atoms with Gasteiger partial charge in [-0.3, -0.25) is 0 Å². The van der Waals surface area contributed by atoms with E-state index in [4.69, 9.17) is 17.3 Å². The Kier molecular flexibility index (Phi) is 3.30. The first-order valence-electron chi connectivity index (χ1n) is 6.47. The molecule has 98 valence electrons. The molecule has 0 aliphatic carbocycles. The number of aryl methyl sites for hydroxylation is 1. The SMILES string of the molecule is Nc1cc(Cl)cnc1N1CCCc2ccccc2C1. The van der Waals surface area contributed by atoms with E-state index in [1.807, 2.05) is 0 Å². The van der Waals surface area contributed by atoms with Crippen LogP contribution in [-0.4, -0.2) is 11.5 Å². The molecule has 1 aliphatic rings. The largest absolute Gasteiger partial charge is 0.396 e. The molecule has 0 spiro atoms. The van der Waals surface area contributed by atoms with Gasteiger partial charge in [0, 0.05) is 19.3 Å². The summed E-state index contributed by atoms with van der Waals surface area (Å²) in [5.41, 5.74) is 9.47. The van der Waals surface area contributed by atoms with Gasteiger partial charge in [0.05, 0.1) is 10.7 Å². The third-order valence-electron chi connectivity index (χ3n) is 3.52. The zero-order valence-corrected chi connectivity index (χ0v) is 11.4. The van der Waals surface area contributed by atoms with Crippen LogP contribution in [0.25, 0.3) is 0 Å². The van der Waals surface area contributed by atoms with Crippen LogP contribution < -0.4 is 10.6 Å². The molecule has 19 heavy (non-hydrogen) atoms. The van der Waals surface area contributed by atoms with Gasteiger partial charge < -0.3 is 10.6 Å². The maximum atomic E-state index is 6.03. The van der Waals surface area contributed by atoms with Crippen LogP contribution in [0, 0.1) is 0 Å². The number of aromatic nitrogens is 1. The predicted octanol–water partition coefficient (Wildman–Crippen LogP) is 3.27. The van der Waals surface area contributed by atoms with E-state index in [-0.39, 0.29) is 0 Å². The molecule has 3 nitrogen and oxygen atoms in total. The van der Waals surface area contributed by atoms with Crippen LogP contribution in [0.2, 0.25) is 5.02 Å². The number of hydrogen-bond acceptors (Lipinski definition) is 3. The van der Waals surface area contributed by atoms with Gasteiger partial charge in [-0.2, -0.15) is 0 Å². The van der Waals surface area contributed by atoms with Gasteiger partial charge >= 0.3 is 0 Å². The monoisotopic (exact) mass is 273 g/mol. The normalized spacial score (nSPS) is 14.9. The van der Waals surface area contributed by atoms with Crippen LogP contribution in [0.5, 0.6) is 0 Å². The molecule has 2 aromatic rings. The van der Waals surface area contributed by atoms with E-state index in [9.17, 15) is 0 Å². The molecule has 1 aromatic heterocycles. The highest BCUT2D eigenvalue weighted by atomic mass is 35.5. The Balaban J connectivity index is 1.94. The number of hydrogen-bond donors (Lipinski definition) is 1. The lowest BCUT2D eigenvalue weighted by molar-refractivity contribution is 0.756. The molecule has 1 aromatic carbocycles. The summed E-state index contributed by atoms with van der Waals surface area (Å²) >= 11 is 5.91. The maximum Gasteiger partial charge on any atom is 0.152 e. The van der Waals surface area contributed by atoms with Gasteiger partial charge in [0.25, 0.3) is 0 Å². The van der Waals surface area contributed by atoms with E-state index in [0.29, 0.717) is 10.7 Å². The molecular weight excluding hydrogens is 258 g/mol. The molecule has 0 amide bonds. The van der Waals surface area contributed by atoms with E-state index in [2.05, 4.69) is 34.1 Å². The summed E-state index contributed by atoms with van der Waals surface area (Å²) in [5, 5.41) is 0.580. The summed E-state index contributed by atoms with van der Waals surface area (Å²) in [6, 6.07) is 10.3. The van der Waals surface area contributed by atoms with Gasteiger partial charge in [0.2, 0.25) is 0 Å². The quantitative estimate of drug-likeness (QED) is 0.867.